The average Bonchev–Trinajstić information content (AvgIpc) is 2.54. The number of nitrogens with two attached hydrogens (primary N) is 1. The molecule has 5 nitrogen and oxygen atoms in total. The number of halogens is 1. The Kier molecular flexibility index (Phi) is 4.71. The van der Waals surface area contributed by atoms with Crippen molar-refractivity contribution < 1.29 is 10.2 Å². The van der Waals surface area contributed by atoms with Gasteiger partial charge < -0.3 is 10.2 Å². The fourth-order valence-electron chi connectivity index (χ4n) is 3.57. The van der Waals surface area contributed by atoms with E-state index in [0.717, 1.165) is 31.0 Å². The quantitative estimate of drug-likeness (QED) is 0.828. The van der Waals surface area contributed by atoms with Gasteiger partial charge in [0, 0.05) is 11.6 Å². The summed E-state index contributed by atoms with van der Waals surface area (Å²) in [4.78, 5) is 19.2. The Morgan fingerprint density at radius 1 is 1.52 bits per heavy atom. The molecule has 3 rings (SSSR count). The smallest absolute Gasteiger partial charge is 0.261 e. The molecule has 2 heterocycles. The van der Waals surface area contributed by atoms with Gasteiger partial charge in [-0.25, -0.2) is 4.98 Å². The molecule has 0 bridgehead atoms. The summed E-state index contributed by atoms with van der Waals surface area (Å²) in [6, 6.07) is 6.18. The number of hydrogen-bond donors (Lipinski definition) is 2. The molecule has 1 aliphatic heterocycles. The third-order valence-corrected chi connectivity index (χ3v) is 5.12. The van der Waals surface area contributed by atoms with Crippen LogP contribution in [0.3, 0.4) is 0 Å². The van der Waals surface area contributed by atoms with E-state index in [1.165, 1.54) is 4.90 Å². The molecular weight excluding hydrogens is 312 g/mol. The van der Waals surface area contributed by atoms with Crippen LogP contribution in [-0.4, -0.2) is 35.2 Å². The highest BCUT2D eigenvalue weighted by Crippen LogP contribution is 2.17. The Balaban J connectivity index is 2.09. The minimum absolute atomic E-state index is 0.0119. The minimum Gasteiger partial charge on any atom is -0.335 e. The lowest BCUT2D eigenvalue weighted by molar-refractivity contribution is -0.979. The largest absolute Gasteiger partial charge is 0.335 e. The molecule has 0 spiro atoms. The Hall–Kier alpha value is -1.43. The van der Waals surface area contributed by atoms with Gasteiger partial charge in [-0.2, -0.15) is 0 Å². The van der Waals surface area contributed by atoms with Gasteiger partial charge in [0.1, 0.15) is 31.7 Å². The summed E-state index contributed by atoms with van der Waals surface area (Å²) in [5, 5.41) is 3.57. The second kappa shape index (κ2) is 6.59. The van der Waals surface area contributed by atoms with Crippen LogP contribution in [0.4, 0.5) is 0 Å². The minimum atomic E-state index is 0.0119. The van der Waals surface area contributed by atoms with E-state index in [0.29, 0.717) is 23.0 Å². The van der Waals surface area contributed by atoms with Crippen LogP contribution in [-0.2, 0) is 6.54 Å². The zero-order valence-electron chi connectivity index (χ0n) is 14.0. The zero-order valence-corrected chi connectivity index (χ0v) is 14.7. The van der Waals surface area contributed by atoms with Crippen molar-refractivity contribution in [3.05, 3.63) is 39.4 Å². The van der Waals surface area contributed by atoms with Gasteiger partial charge >= 0.3 is 0 Å². The average molecular weight is 337 g/mol. The lowest BCUT2D eigenvalue weighted by atomic mass is 10.1. The number of quaternary nitrogens is 2. The van der Waals surface area contributed by atoms with E-state index in [2.05, 4.69) is 19.2 Å². The predicted molar refractivity (Wildman–Crippen MR) is 92.1 cm³/mol. The number of rotatable bonds is 3. The SMILES string of the molecule is CCn1c([C@@H](C)[NH+]2CC[NH2+][C@H](C)C2)nc2ccc(Cl)cc2c1=O. The monoisotopic (exact) mass is 336 g/mol. The lowest BCUT2D eigenvalue weighted by Gasteiger charge is -2.31. The van der Waals surface area contributed by atoms with E-state index in [1.807, 2.05) is 13.0 Å². The molecule has 0 amide bonds. The third kappa shape index (κ3) is 3.13. The van der Waals surface area contributed by atoms with Crippen molar-refractivity contribution in [1.29, 1.82) is 0 Å². The van der Waals surface area contributed by atoms with E-state index in [1.54, 1.807) is 16.7 Å². The first-order valence-electron chi connectivity index (χ1n) is 8.39. The van der Waals surface area contributed by atoms with Crippen LogP contribution < -0.4 is 15.8 Å². The van der Waals surface area contributed by atoms with Crippen molar-refractivity contribution in [1.82, 2.24) is 9.55 Å². The topological polar surface area (TPSA) is 55.9 Å². The van der Waals surface area contributed by atoms with Crippen LogP contribution in [0.2, 0.25) is 5.02 Å². The molecule has 1 saturated heterocycles. The standard InChI is InChI=1S/C17H23ClN4O/c1-4-22-16(12(3)21-8-7-19-11(2)10-21)20-15-6-5-13(18)9-14(15)17(22)23/h5-6,9,11-12,19H,4,7-8,10H2,1-3H3/p+2/t11-,12-/m1/s1. The van der Waals surface area contributed by atoms with E-state index in [4.69, 9.17) is 16.6 Å². The van der Waals surface area contributed by atoms with Gasteiger partial charge in [-0.3, -0.25) is 9.36 Å². The summed E-state index contributed by atoms with van der Waals surface area (Å²) in [5.74, 6) is 0.886. The maximum Gasteiger partial charge on any atom is 0.261 e. The van der Waals surface area contributed by atoms with Gasteiger partial charge in [0.25, 0.3) is 5.56 Å². The molecule has 2 aromatic rings. The van der Waals surface area contributed by atoms with Crippen LogP contribution in [0.1, 0.15) is 32.6 Å². The fourth-order valence-corrected chi connectivity index (χ4v) is 3.75. The molecule has 0 saturated carbocycles. The molecule has 1 aromatic carbocycles. The van der Waals surface area contributed by atoms with Crippen molar-refractivity contribution in [3.63, 3.8) is 0 Å². The van der Waals surface area contributed by atoms with Crippen LogP contribution in [0.5, 0.6) is 0 Å². The van der Waals surface area contributed by atoms with Crippen LogP contribution in [0, 0.1) is 0 Å². The Morgan fingerprint density at radius 3 is 3.00 bits per heavy atom. The van der Waals surface area contributed by atoms with Crippen molar-refractivity contribution in [2.75, 3.05) is 19.6 Å². The number of nitrogens with one attached hydrogen (secondary N) is 1. The Bertz CT molecular complexity index is 773. The van der Waals surface area contributed by atoms with Gasteiger partial charge in [-0.05, 0) is 39.0 Å². The number of aromatic nitrogens is 2. The normalized spacial score (nSPS) is 23.1. The molecule has 0 radical (unpaired) electrons. The number of fused-ring (bicyclic) bond motifs is 1. The second-order valence-corrected chi connectivity index (χ2v) is 6.95. The Morgan fingerprint density at radius 2 is 2.30 bits per heavy atom. The van der Waals surface area contributed by atoms with E-state index < -0.39 is 0 Å². The zero-order chi connectivity index (χ0) is 16.6. The number of nitrogens with zero attached hydrogens (tertiary/aromatic N) is 2. The second-order valence-electron chi connectivity index (χ2n) is 6.52. The van der Waals surface area contributed by atoms with Gasteiger partial charge in [0.15, 0.2) is 5.82 Å². The highest BCUT2D eigenvalue weighted by molar-refractivity contribution is 6.31. The summed E-state index contributed by atoms with van der Waals surface area (Å²) >= 11 is 6.04. The van der Waals surface area contributed by atoms with Gasteiger partial charge in [-0.15, -0.1) is 0 Å². The first-order valence-corrected chi connectivity index (χ1v) is 8.77. The number of benzene rings is 1. The van der Waals surface area contributed by atoms with Gasteiger partial charge in [-0.1, -0.05) is 11.6 Å². The highest BCUT2D eigenvalue weighted by atomic mass is 35.5. The molecule has 1 aliphatic rings. The molecule has 1 unspecified atom stereocenters. The van der Waals surface area contributed by atoms with Crippen molar-refractivity contribution in [3.8, 4) is 0 Å². The number of hydrogen-bond acceptors (Lipinski definition) is 2. The number of piperazine rings is 1. The molecule has 6 heteroatoms. The highest BCUT2D eigenvalue weighted by Gasteiger charge is 2.30. The predicted octanol–water partition coefficient (Wildman–Crippen LogP) is -0.0188. The maximum absolute atomic E-state index is 12.8. The van der Waals surface area contributed by atoms with Crippen molar-refractivity contribution in [2.24, 2.45) is 0 Å². The first-order chi connectivity index (χ1) is 11.0. The first kappa shape index (κ1) is 16.4. The summed E-state index contributed by atoms with van der Waals surface area (Å²) in [5.41, 5.74) is 0.750. The van der Waals surface area contributed by atoms with Gasteiger partial charge in [0.2, 0.25) is 0 Å². The third-order valence-electron chi connectivity index (χ3n) is 4.88. The summed E-state index contributed by atoms with van der Waals surface area (Å²) in [6.07, 6.45) is 0. The molecule has 3 atom stereocenters. The molecule has 124 valence electrons. The Labute approximate surface area is 141 Å². The lowest BCUT2D eigenvalue weighted by Crippen LogP contribution is -3.22. The molecule has 1 fully saturated rings. The molecule has 23 heavy (non-hydrogen) atoms. The molecule has 1 aromatic heterocycles. The van der Waals surface area contributed by atoms with E-state index >= 15 is 0 Å². The van der Waals surface area contributed by atoms with Crippen LogP contribution in [0.15, 0.2) is 23.0 Å². The van der Waals surface area contributed by atoms with E-state index in [-0.39, 0.29) is 11.6 Å². The van der Waals surface area contributed by atoms with Gasteiger partial charge in [0.05, 0.1) is 10.9 Å². The van der Waals surface area contributed by atoms with Crippen molar-refractivity contribution in [2.45, 2.75) is 39.4 Å². The van der Waals surface area contributed by atoms with Crippen molar-refractivity contribution >= 4 is 22.5 Å². The maximum atomic E-state index is 12.8. The molecule has 3 N–H and O–H groups in total. The molecular formula is C17H25ClN4O+2. The van der Waals surface area contributed by atoms with Crippen LogP contribution >= 0.6 is 11.6 Å². The fraction of sp³-hybridized carbons (Fsp3) is 0.529. The summed E-state index contributed by atoms with van der Waals surface area (Å²) in [6.45, 7) is 10.4. The van der Waals surface area contributed by atoms with Crippen LogP contribution in [0.25, 0.3) is 10.9 Å². The molecule has 0 aliphatic carbocycles. The summed E-state index contributed by atoms with van der Waals surface area (Å²) < 4.78 is 1.80. The summed E-state index contributed by atoms with van der Waals surface area (Å²) in [7, 11) is 0. The van der Waals surface area contributed by atoms with E-state index in [9.17, 15) is 4.79 Å².